The van der Waals surface area contributed by atoms with Crippen LogP contribution in [0.15, 0.2) is 35.2 Å². The summed E-state index contributed by atoms with van der Waals surface area (Å²) in [6, 6.07) is 0. The van der Waals surface area contributed by atoms with Gasteiger partial charge in [-0.15, -0.1) is 0 Å². The van der Waals surface area contributed by atoms with Crippen molar-refractivity contribution < 1.29 is 0 Å². The van der Waals surface area contributed by atoms with Crippen LogP contribution in [-0.4, -0.2) is 11.4 Å². The van der Waals surface area contributed by atoms with E-state index in [-0.39, 0.29) is 0 Å². The van der Waals surface area contributed by atoms with Gasteiger partial charge < -0.3 is 4.90 Å². The lowest BCUT2D eigenvalue weighted by Gasteiger charge is -2.31. The van der Waals surface area contributed by atoms with Gasteiger partial charge in [0, 0.05) is 24.4 Å². The molecule has 1 unspecified atom stereocenters. The SMILES string of the molecule is C=C1CC2=CC(C(C)C)CN2C(C)=C1C. The van der Waals surface area contributed by atoms with Gasteiger partial charge in [0.1, 0.15) is 0 Å². The molecule has 0 aromatic heterocycles. The summed E-state index contributed by atoms with van der Waals surface area (Å²) in [4.78, 5) is 2.48. The van der Waals surface area contributed by atoms with E-state index in [2.05, 4.69) is 45.2 Å². The minimum absolute atomic E-state index is 0.716. The van der Waals surface area contributed by atoms with Gasteiger partial charge in [0.2, 0.25) is 0 Å². The maximum absolute atomic E-state index is 4.15. The molecule has 82 valence electrons. The first-order valence-electron chi connectivity index (χ1n) is 5.84. The van der Waals surface area contributed by atoms with Crippen LogP contribution in [0.2, 0.25) is 0 Å². The molecule has 0 spiro atoms. The van der Waals surface area contributed by atoms with Gasteiger partial charge in [-0.2, -0.15) is 0 Å². The van der Waals surface area contributed by atoms with Gasteiger partial charge in [0.15, 0.2) is 0 Å². The van der Waals surface area contributed by atoms with Crippen molar-refractivity contribution in [3.05, 3.63) is 35.2 Å². The van der Waals surface area contributed by atoms with Crippen molar-refractivity contribution in [3.8, 4) is 0 Å². The zero-order chi connectivity index (χ0) is 11.2. The standard InChI is InChI=1S/C14H21N/c1-9(2)13-7-14-6-10(3)11(4)12(5)15(14)8-13/h7,9,13H,3,6,8H2,1-2,4-5H3. The maximum atomic E-state index is 4.15. The minimum atomic E-state index is 0.716. The molecule has 15 heavy (non-hydrogen) atoms. The fourth-order valence-electron chi connectivity index (χ4n) is 2.44. The third kappa shape index (κ3) is 1.64. The Morgan fingerprint density at radius 1 is 1.40 bits per heavy atom. The number of hydrogen-bond acceptors (Lipinski definition) is 1. The Bertz CT molecular complexity index is 358. The lowest BCUT2D eigenvalue weighted by molar-refractivity contribution is 0.357. The van der Waals surface area contributed by atoms with E-state index in [9.17, 15) is 0 Å². The summed E-state index contributed by atoms with van der Waals surface area (Å²) < 4.78 is 0. The predicted octanol–water partition coefficient (Wildman–Crippen LogP) is 3.71. The molecule has 2 heterocycles. The molecule has 0 amide bonds. The van der Waals surface area contributed by atoms with E-state index in [1.807, 2.05) is 0 Å². The van der Waals surface area contributed by atoms with Crippen molar-refractivity contribution in [2.75, 3.05) is 6.54 Å². The Labute approximate surface area is 93.2 Å². The van der Waals surface area contributed by atoms with E-state index in [0.717, 1.165) is 12.3 Å². The minimum Gasteiger partial charge on any atom is -0.348 e. The highest BCUT2D eigenvalue weighted by atomic mass is 15.2. The number of fused-ring (bicyclic) bond motifs is 1. The van der Waals surface area contributed by atoms with Crippen molar-refractivity contribution in [1.82, 2.24) is 4.90 Å². The van der Waals surface area contributed by atoms with Gasteiger partial charge in [0.05, 0.1) is 0 Å². The van der Waals surface area contributed by atoms with Crippen molar-refractivity contribution in [3.63, 3.8) is 0 Å². The van der Waals surface area contributed by atoms with Crippen LogP contribution in [0, 0.1) is 11.8 Å². The van der Waals surface area contributed by atoms with Gasteiger partial charge in [-0.1, -0.05) is 26.5 Å². The number of rotatable bonds is 1. The van der Waals surface area contributed by atoms with Gasteiger partial charge in [-0.25, -0.2) is 0 Å². The van der Waals surface area contributed by atoms with E-state index < -0.39 is 0 Å². The summed E-state index contributed by atoms with van der Waals surface area (Å²) in [5.74, 6) is 1.46. The summed E-state index contributed by atoms with van der Waals surface area (Å²) in [5.41, 5.74) is 5.55. The zero-order valence-electron chi connectivity index (χ0n) is 10.3. The Kier molecular flexibility index (Phi) is 2.49. The third-order valence-corrected chi connectivity index (χ3v) is 3.88. The normalized spacial score (nSPS) is 26.2. The van der Waals surface area contributed by atoms with Gasteiger partial charge in [-0.05, 0) is 36.8 Å². The fourth-order valence-corrected chi connectivity index (χ4v) is 2.44. The molecule has 0 radical (unpaired) electrons. The van der Waals surface area contributed by atoms with E-state index in [4.69, 9.17) is 0 Å². The van der Waals surface area contributed by atoms with Crippen molar-refractivity contribution >= 4 is 0 Å². The Morgan fingerprint density at radius 3 is 2.67 bits per heavy atom. The van der Waals surface area contributed by atoms with Crippen LogP contribution in [0.4, 0.5) is 0 Å². The zero-order valence-corrected chi connectivity index (χ0v) is 10.3. The van der Waals surface area contributed by atoms with Crippen LogP contribution in [-0.2, 0) is 0 Å². The number of hydrogen-bond donors (Lipinski definition) is 0. The Morgan fingerprint density at radius 2 is 2.07 bits per heavy atom. The topological polar surface area (TPSA) is 3.24 Å². The van der Waals surface area contributed by atoms with Crippen LogP contribution in [0.3, 0.4) is 0 Å². The summed E-state index contributed by atoms with van der Waals surface area (Å²) >= 11 is 0. The second-order valence-electron chi connectivity index (χ2n) is 5.17. The molecular weight excluding hydrogens is 182 g/mol. The molecule has 0 saturated carbocycles. The molecule has 0 N–H and O–H groups in total. The molecule has 0 saturated heterocycles. The molecule has 0 aliphatic carbocycles. The molecule has 0 fully saturated rings. The van der Waals surface area contributed by atoms with Crippen LogP contribution < -0.4 is 0 Å². The Balaban J connectivity index is 2.31. The highest BCUT2D eigenvalue weighted by molar-refractivity contribution is 5.41. The highest BCUT2D eigenvalue weighted by Gasteiger charge is 2.30. The van der Waals surface area contributed by atoms with E-state index in [1.54, 1.807) is 0 Å². The molecule has 1 nitrogen and oxygen atoms in total. The van der Waals surface area contributed by atoms with Crippen LogP contribution >= 0.6 is 0 Å². The van der Waals surface area contributed by atoms with Gasteiger partial charge >= 0.3 is 0 Å². The average Bonchev–Trinajstić information content (AvgIpc) is 2.58. The second kappa shape index (κ2) is 3.55. The monoisotopic (exact) mass is 203 g/mol. The molecule has 1 heteroatoms. The largest absolute Gasteiger partial charge is 0.348 e. The fraction of sp³-hybridized carbons (Fsp3) is 0.571. The van der Waals surface area contributed by atoms with Crippen LogP contribution in [0.1, 0.15) is 34.1 Å². The van der Waals surface area contributed by atoms with E-state index >= 15 is 0 Å². The number of nitrogens with zero attached hydrogens (tertiary/aromatic N) is 1. The summed E-state index contributed by atoms with van der Waals surface area (Å²) in [6.45, 7) is 14.3. The van der Waals surface area contributed by atoms with E-state index in [0.29, 0.717) is 5.92 Å². The van der Waals surface area contributed by atoms with Crippen molar-refractivity contribution in [2.45, 2.75) is 34.1 Å². The third-order valence-electron chi connectivity index (χ3n) is 3.88. The lowest BCUT2D eigenvalue weighted by Crippen LogP contribution is -2.25. The molecular formula is C14H21N. The van der Waals surface area contributed by atoms with Crippen LogP contribution in [0.5, 0.6) is 0 Å². The number of allylic oxidation sites excluding steroid dienone is 3. The quantitative estimate of drug-likeness (QED) is 0.628. The Hall–Kier alpha value is -0.980. The second-order valence-corrected chi connectivity index (χ2v) is 5.17. The van der Waals surface area contributed by atoms with Gasteiger partial charge in [0.25, 0.3) is 0 Å². The first kappa shape index (κ1) is 10.5. The van der Waals surface area contributed by atoms with E-state index in [1.165, 1.54) is 29.1 Å². The molecule has 1 atom stereocenters. The summed E-state index contributed by atoms with van der Waals surface area (Å²) in [6.07, 6.45) is 3.50. The molecule has 2 aliphatic heterocycles. The van der Waals surface area contributed by atoms with Crippen LogP contribution in [0.25, 0.3) is 0 Å². The lowest BCUT2D eigenvalue weighted by atomic mass is 9.96. The molecule has 2 rings (SSSR count). The van der Waals surface area contributed by atoms with Gasteiger partial charge in [-0.3, -0.25) is 0 Å². The summed E-state index contributed by atoms with van der Waals surface area (Å²) in [5, 5.41) is 0. The molecule has 2 aliphatic rings. The molecule has 0 bridgehead atoms. The maximum Gasteiger partial charge on any atom is 0.0291 e. The molecule has 0 aromatic carbocycles. The van der Waals surface area contributed by atoms with Crippen molar-refractivity contribution in [2.24, 2.45) is 11.8 Å². The first-order chi connectivity index (χ1) is 7.00. The summed E-state index contributed by atoms with van der Waals surface area (Å²) in [7, 11) is 0. The highest BCUT2D eigenvalue weighted by Crippen LogP contribution is 2.38. The molecule has 0 aromatic rings. The van der Waals surface area contributed by atoms with Crippen molar-refractivity contribution in [1.29, 1.82) is 0 Å². The average molecular weight is 203 g/mol. The smallest absolute Gasteiger partial charge is 0.0291 e. The predicted molar refractivity (Wildman–Crippen MR) is 65.2 cm³/mol. The first-order valence-corrected chi connectivity index (χ1v) is 5.84.